The summed E-state index contributed by atoms with van der Waals surface area (Å²) in [5.41, 5.74) is 0.528. The van der Waals surface area contributed by atoms with Gasteiger partial charge in [-0.15, -0.1) is 0 Å². The fourth-order valence-corrected chi connectivity index (χ4v) is 1.43. The summed E-state index contributed by atoms with van der Waals surface area (Å²) >= 11 is 0. The molecule has 2 N–H and O–H groups in total. The van der Waals surface area contributed by atoms with Crippen molar-refractivity contribution in [2.24, 2.45) is 11.3 Å². The van der Waals surface area contributed by atoms with Gasteiger partial charge in [0.2, 0.25) is 0 Å². The number of rotatable bonds is 6. The molecule has 1 amide bonds. The quantitative estimate of drug-likeness (QED) is 0.839. The van der Waals surface area contributed by atoms with Gasteiger partial charge in [-0.25, -0.2) is 9.97 Å². The standard InChI is InChI=1S/C15H26N4O/c1-6-7-16-13-10-17-12(9-18-13)14(20)19-8-11(2)15(3,4)5/h9-11H,6-8H2,1-5H3,(H,16,18)(H,19,20). The Bertz CT molecular complexity index is 422. The summed E-state index contributed by atoms with van der Waals surface area (Å²) in [4.78, 5) is 20.3. The number of amides is 1. The van der Waals surface area contributed by atoms with Crippen LogP contribution in [0.2, 0.25) is 0 Å². The van der Waals surface area contributed by atoms with Crippen molar-refractivity contribution in [2.75, 3.05) is 18.4 Å². The largest absolute Gasteiger partial charge is 0.369 e. The summed E-state index contributed by atoms with van der Waals surface area (Å²) < 4.78 is 0. The van der Waals surface area contributed by atoms with Gasteiger partial charge in [0.1, 0.15) is 11.5 Å². The molecule has 0 fully saturated rings. The number of hydrogen-bond donors (Lipinski definition) is 2. The molecule has 1 heterocycles. The molecule has 0 aromatic carbocycles. The Morgan fingerprint density at radius 3 is 2.50 bits per heavy atom. The van der Waals surface area contributed by atoms with E-state index < -0.39 is 0 Å². The van der Waals surface area contributed by atoms with Crippen LogP contribution in [0.5, 0.6) is 0 Å². The average molecular weight is 278 g/mol. The van der Waals surface area contributed by atoms with Crippen LogP contribution in [0.25, 0.3) is 0 Å². The van der Waals surface area contributed by atoms with Crippen molar-refractivity contribution >= 4 is 11.7 Å². The van der Waals surface area contributed by atoms with E-state index in [4.69, 9.17) is 0 Å². The molecule has 1 rings (SSSR count). The average Bonchev–Trinajstić information content (AvgIpc) is 2.41. The normalized spacial score (nSPS) is 12.8. The lowest BCUT2D eigenvalue weighted by Gasteiger charge is -2.27. The molecule has 0 bridgehead atoms. The van der Waals surface area contributed by atoms with E-state index in [9.17, 15) is 4.79 Å². The van der Waals surface area contributed by atoms with Crippen LogP contribution in [-0.2, 0) is 0 Å². The summed E-state index contributed by atoms with van der Waals surface area (Å²) in [6, 6.07) is 0. The fraction of sp³-hybridized carbons (Fsp3) is 0.667. The third-order valence-corrected chi connectivity index (χ3v) is 3.49. The van der Waals surface area contributed by atoms with Gasteiger partial charge in [-0.05, 0) is 17.8 Å². The number of anilines is 1. The van der Waals surface area contributed by atoms with Gasteiger partial charge in [-0.3, -0.25) is 4.79 Å². The second kappa shape index (κ2) is 7.22. The van der Waals surface area contributed by atoms with Crippen molar-refractivity contribution in [1.82, 2.24) is 15.3 Å². The van der Waals surface area contributed by atoms with Crippen LogP contribution in [0.3, 0.4) is 0 Å². The van der Waals surface area contributed by atoms with E-state index in [0.717, 1.165) is 13.0 Å². The van der Waals surface area contributed by atoms with E-state index >= 15 is 0 Å². The number of nitrogens with zero attached hydrogens (tertiary/aromatic N) is 2. The molecule has 1 atom stereocenters. The summed E-state index contributed by atoms with van der Waals surface area (Å²) in [7, 11) is 0. The number of carbonyl (C=O) groups excluding carboxylic acids is 1. The van der Waals surface area contributed by atoms with Crippen molar-refractivity contribution in [3.8, 4) is 0 Å². The van der Waals surface area contributed by atoms with Gasteiger partial charge in [-0.2, -0.15) is 0 Å². The molecule has 0 saturated carbocycles. The lowest BCUT2D eigenvalue weighted by atomic mass is 9.82. The highest BCUT2D eigenvalue weighted by molar-refractivity contribution is 5.91. The van der Waals surface area contributed by atoms with Crippen molar-refractivity contribution in [3.05, 3.63) is 18.1 Å². The van der Waals surface area contributed by atoms with E-state index in [1.54, 1.807) is 6.20 Å². The Morgan fingerprint density at radius 1 is 1.30 bits per heavy atom. The van der Waals surface area contributed by atoms with Gasteiger partial charge in [0.05, 0.1) is 12.4 Å². The minimum Gasteiger partial charge on any atom is -0.369 e. The first-order valence-corrected chi connectivity index (χ1v) is 7.18. The van der Waals surface area contributed by atoms with Gasteiger partial charge in [0, 0.05) is 13.1 Å². The van der Waals surface area contributed by atoms with Crippen LogP contribution in [0, 0.1) is 11.3 Å². The van der Waals surface area contributed by atoms with Crippen LogP contribution < -0.4 is 10.6 Å². The number of nitrogens with one attached hydrogen (secondary N) is 2. The van der Waals surface area contributed by atoms with Crippen LogP contribution in [0.15, 0.2) is 12.4 Å². The van der Waals surface area contributed by atoms with Gasteiger partial charge in [0.15, 0.2) is 0 Å². The molecule has 1 unspecified atom stereocenters. The van der Waals surface area contributed by atoms with Crippen molar-refractivity contribution in [2.45, 2.75) is 41.0 Å². The molecule has 0 saturated heterocycles. The van der Waals surface area contributed by atoms with Crippen molar-refractivity contribution in [1.29, 1.82) is 0 Å². The van der Waals surface area contributed by atoms with E-state index in [1.165, 1.54) is 6.20 Å². The molecule has 0 aliphatic rings. The lowest BCUT2D eigenvalue weighted by molar-refractivity contribution is 0.0931. The zero-order chi connectivity index (χ0) is 15.2. The Morgan fingerprint density at radius 2 is 2.00 bits per heavy atom. The third kappa shape index (κ3) is 5.15. The Balaban J connectivity index is 2.51. The predicted octanol–water partition coefficient (Wildman–Crippen LogP) is 2.71. The monoisotopic (exact) mass is 278 g/mol. The second-order valence-electron chi connectivity index (χ2n) is 6.19. The molecule has 5 heteroatoms. The van der Waals surface area contributed by atoms with Crippen LogP contribution in [0.1, 0.15) is 51.5 Å². The molecule has 112 valence electrons. The summed E-state index contributed by atoms with van der Waals surface area (Å²) in [6.07, 6.45) is 4.13. The first-order valence-electron chi connectivity index (χ1n) is 7.18. The third-order valence-electron chi connectivity index (χ3n) is 3.49. The molecule has 0 spiro atoms. The summed E-state index contributed by atoms with van der Waals surface area (Å²) in [5.74, 6) is 0.923. The first kappa shape index (κ1) is 16.4. The molecular formula is C15H26N4O. The first-order chi connectivity index (χ1) is 9.34. The van der Waals surface area contributed by atoms with E-state index in [-0.39, 0.29) is 11.3 Å². The van der Waals surface area contributed by atoms with E-state index in [2.05, 4.69) is 55.2 Å². The Hall–Kier alpha value is -1.65. The summed E-state index contributed by atoms with van der Waals surface area (Å²) in [5, 5.41) is 6.03. The van der Waals surface area contributed by atoms with E-state index in [1.807, 2.05) is 0 Å². The van der Waals surface area contributed by atoms with Crippen molar-refractivity contribution < 1.29 is 4.79 Å². The van der Waals surface area contributed by atoms with Crippen LogP contribution >= 0.6 is 0 Å². The minimum absolute atomic E-state index is 0.171. The van der Waals surface area contributed by atoms with Crippen LogP contribution in [0.4, 0.5) is 5.82 Å². The highest BCUT2D eigenvalue weighted by Crippen LogP contribution is 2.24. The maximum Gasteiger partial charge on any atom is 0.271 e. The smallest absolute Gasteiger partial charge is 0.271 e. The molecular weight excluding hydrogens is 252 g/mol. The number of hydrogen-bond acceptors (Lipinski definition) is 4. The van der Waals surface area contributed by atoms with Crippen molar-refractivity contribution in [3.63, 3.8) is 0 Å². The minimum atomic E-state index is -0.171. The molecule has 0 aliphatic heterocycles. The zero-order valence-corrected chi connectivity index (χ0v) is 13.2. The van der Waals surface area contributed by atoms with Crippen LogP contribution in [-0.4, -0.2) is 29.0 Å². The second-order valence-corrected chi connectivity index (χ2v) is 6.19. The molecule has 0 aliphatic carbocycles. The highest BCUT2D eigenvalue weighted by atomic mass is 16.1. The molecule has 5 nitrogen and oxygen atoms in total. The topological polar surface area (TPSA) is 66.9 Å². The van der Waals surface area contributed by atoms with E-state index in [0.29, 0.717) is 24.0 Å². The maximum absolute atomic E-state index is 12.0. The zero-order valence-electron chi connectivity index (χ0n) is 13.2. The SMILES string of the molecule is CCCNc1cnc(C(=O)NCC(C)C(C)(C)C)cn1. The molecule has 1 aromatic heterocycles. The lowest BCUT2D eigenvalue weighted by Crippen LogP contribution is -2.34. The molecule has 1 aromatic rings. The number of aromatic nitrogens is 2. The van der Waals surface area contributed by atoms with Gasteiger partial charge >= 0.3 is 0 Å². The highest BCUT2D eigenvalue weighted by Gasteiger charge is 2.20. The van der Waals surface area contributed by atoms with Gasteiger partial charge < -0.3 is 10.6 Å². The molecule has 20 heavy (non-hydrogen) atoms. The molecule has 0 radical (unpaired) electrons. The van der Waals surface area contributed by atoms with Gasteiger partial charge in [0.25, 0.3) is 5.91 Å². The fourth-order valence-electron chi connectivity index (χ4n) is 1.43. The van der Waals surface area contributed by atoms with Gasteiger partial charge in [-0.1, -0.05) is 34.6 Å². The Kier molecular flexibility index (Phi) is 5.92. The number of carbonyl (C=O) groups is 1. The maximum atomic E-state index is 12.0. The summed E-state index contributed by atoms with van der Waals surface area (Å²) in [6.45, 7) is 12.2. The predicted molar refractivity (Wildman–Crippen MR) is 81.8 cm³/mol. The Labute approximate surface area is 121 Å².